The summed E-state index contributed by atoms with van der Waals surface area (Å²) in [6.45, 7) is 4.82. The Hall–Kier alpha value is -1.61. The molecule has 4 atom stereocenters. The number of pyridine rings is 1. The number of allylic oxidation sites excluding steroid dienone is 1. The monoisotopic (exact) mass is 305 g/mol. The fraction of sp³-hybridized carbons (Fsp3) is 0.450. The molecule has 0 radical (unpaired) electrons. The van der Waals surface area contributed by atoms with E-state index in [4.69, 9.17) is 4.74 Å². The molecule has 2 bridgehead atoms. The molecular formula is C20H24BNO. The zero-order valence-electron chi connectivity index (χ0n) is 13.8. The number of hydrogen-bond acceptors (Lipinski definition) is 2. The lowest BCUT2D eigenvalue weighted by molar-refractivity contribution is 0.0793. The van der Waals surface area contributed by atoms with Gasteiger partial charge in [-0.15, -0.1) is 6.58 Å². The summed E-state index contributed by atoms with van der Waals surface area (Å²) >= 11 is 0. The number of benzene rings is 1. The number of fused-ring (bicyclic) bond motifs is 4. The number of methoxy groups -OCH3 is 1. The Balaban J connectivity index is 1.70. The summed E-state index contributed by atoms with van der Waals surface area (Å²) in [5.41, 5.74) is 2.38. The molecule has 3 aliphatic rings. The summed E-state index contributed by atoms with van der Waals surface area (Å²) in [7, 11) is 1.87. The summed E-state index contributed by atoms with van der Waals surface area (Å²) in [5, 5.41) is 1.24. The molecule has 0 saturated carbocycles. The van der Waals surface area contributed by atoms with Gasteiger partial charge in [-0.2, -0.15) is 0 Å². The van der Waals surface area contributed by atoms with Gasteiger partial charge in [0.2, 0.25) is 0 Å². The zero-order chi connectivity index (χ0) is 15.8. The lowest BCUT2D eigenvalue weighted by Gasteiger charge is -2.47. The van der Waals surface area contributed by atoms with E-state index < -0.39 is 0 Å². The van der Waals surface area contributed by atoms with Crippen LogP contribution in [0, 0.1) is 11.8 Å². The Morgan fingerprint density at radius 1 is 1.35 bits per heavy atom. The first-order valence-electron chi connectivity index (χ1n) is 8.80. The first kappa shape index (κ1) is 15.0. The molecule has 3 fully saturated rings. The summed E-state index contributed by atoms with van der Waals surface area (Å²) in [5.74, 6) is 2.14. The Morgan fingerprint density at radius 3 is 2.96 bits per heavy atom. The molecule has 0 spiro atoms. The molecule has 23 heavy (non-hydrogen) atoms. The molecule has 118 valence electrons. The second-order valence-corrected chi connectivity index (χ2v) is 7.21. The standard InChI is InChI=1S/C20H24BNO/c1-3-14-13-21-10-8-15(14)12-18(21)20(23-2)17-9-11-22-19-7-5-4-6-16(17)19/h3-7,9,11,14-15,18,20H,1,8,10,12-13H2,2H3/t14?,15?,18?,20-/m1/s1. The Morgan fingerprint density at radius 2 is 2.22 bits per heavy atom. The first-order valence-corrected chi connectivity index (χ1v) is 8.80. The smallest absolute Gasteiger partial charge is 0.147 e. The van der Waals surface area contributed by atoms with Crippen molar-refractivity contribution in [1.82, 2.24) is 4.98 Å². The second kappa shape index (κ2) is 6.12. The zero-order valence-corrected chi connectivity index (χ0v) is 13.8. The van der Waals surface area contributed by atoms with Gasteiger partial charge in [-0.3, -0.25) is 4.98 Å². The van der Waals surface area contributed by atoms with E-state index in [1.54, 1.807) is 0 Å². The molecule has 3 heteroatoms. The third kappa shape index (κ3) is 2.51. The lowest BCUT2D eigenvalue weighted by Crippen LogP contribution is -2.42. The predicted molar refractivity (Wildman–Crippen MR) is 97.0 cm³/mol. The highest BCUT2D eigenvalue weighted by Gasteiger charge is 2.46. The van der Waals surface area contributed by atoms with Gasteiger partial charge in [0.15, 0.2) is 0 Å². The van der Waals surface area contributed by atoms with Crippen LogP contribution in [0.4, 0.5) is 0 Å². The minimum absolute atomic E-state index is 0.182. The largest absolute Gasteiger partial charge is 0.377 e. The van der Waals surface area contributed by atoms with Crippen LogP contribution in [0.3, 0.4) is 0 Å². The molecule has 1 aromatic carbocycles. The van der Waals surface area contributed by atoms with Crippen LogP contribution in [-0.4, -0.2) is 18.8 Å². The normalized spacial score (nSPS) is 28.0. The Kier molecular flexibility index (Phi) is 3.98. The van der Waals surface area contributed by atoms with Crippen molar-refractivity contribution in [2.24, 2.45) is 11.8 Å². The van der Waals surface area contributed by atoms with Crippen molar-refractivity contribution in [3.8, 4) is 0 Å². The van der Waals surface area contributed by atoms with E-state index in [0.29, 0.717) is 5.82 Å². The van der Waals surface area contributed by atoms with Crippen LogP contribution in [0.1, 0.15) is 24.5 Å². The number of para-hydroxylation sites is 1. The quantitative estimate of drug-likeness (QED) is 0.585. The highest BCUT2D eigenvalue weighted by molar-refractivity contribution is 6.61. The lowest BCUT2D eigenvalue weighted by atomic mass is 9.26. The van der Waals surface area contributed by atoms with Crippen molar-refractivity contribution in [3.63, 3.8) is 0 Å². The van der Waals surface area contributed by atoms with Crippen LogP contribution >= 0.6 is 0 Å². The number of ether oxygens (including phenoxy) is 1. The summed E-state index contributed by atoms with van der Waals surface area (Å²) in [4.78, 5) is 4.51. The topological polar surface area (TPSA) is 22.1 Å². The Labute approximate surface area is 139 Å². The maximum Gasteiger partial charge on any atom is 0.147 e. The van der Waals surface area contributed by atoms with Gasteiger partial charge in [0.1, 0.15) is 6.71 Å². The predicted octanol–water partition coefficient (Wildman–Crippen LogP) is 5.01. The third-order valence-electron chi connectivity index (χ3n) is 6.20. The SMILES string of the molecule is C=CC1CB2CCC1CC2[C@H](OC)c1ccnc2ccccc12. The van der Waals surface area contributed by atoms with Crippen LogP contribution < -0.4 is 0 Å². The van der Waals surface area contributed by atoms with Crippen molar-refractivity contribution in [1.29, 1.82) is 0 Å². The number of aromatic nitrogens is 1. The van der Waals surface area contributed by atoms with Crippen molar-refractivity contribution in [2.75, 3.05) is 7.11 Å². The summed E-state index contributed by atoms with van der Waals surface area (Å²) in [6.07, 6.45) is 9.58. The van der Waals surface area contributed by atoms with Crippen molar-refractivity contribution < 1.29 is 4.74 Å². The molecule has 3 unspecified atom stereocenters. The Bertz CT molecular complexity index is 710. The second-order valence-electron chi connectivity index (χ2n) is 7.21. The third-order valence-corrected chi connectivity index (χ3v) is 6.20. The number of hydrogen-bond donors (Lipinski definition) is 0. The van der Waals surface area contributed by atoms with E-state index in [2.05, 4.69) is 48.0 Å². The van der Waals surface area contributed by atoms with Gasteiger partial charge in [0.25, 0.3) is 0 Å². The van der Waals surface area contributed by atoms with Crippen LogP contribution in [0.5, 0.6) is 0 Å². The van der Waals surface area contributed by atoms with Gasteiger partial charge in [-0.05, 0) is 35.3 Å². The van der Waals surface area contributed by atoms with E-state index in [0.717, 1.165) is 24.1 Å². The fourth-order valence-corrected chi connectivity index (χ4v) is 5.08. The van der Waals surface area contributed by atoms with Gasteiger partial charge in [-0.25, -0.2) is 0 Å². The van der Waals surface area contributed by atoms with E-state index in [1.165, 1.54) is 36.4 Å². The molecule has 5 rings (SSSR count). The van der Waals surface area contributed by atoms with Gasteiger partial charge in [-0.1, -0.05) is 49.8 Å². The van der Waals surface area contributed by atoms with Crippen molar-refractivity contribution in [3.05, 3.63) is 54.7 Å². The van der Waals surface area contributed by atoms with Gasteiger partial charge >= 0.3 is 0 Å². The molecule has 2 nitrogen and oxygen atoms in total. The average Bonchev–Trinajstić information content (AvgIpc) is 2.63. The maximum atomic E-state index is 6.05. The van der Waals surface area contributed by atoms with E-state index in [1.807, 2.05) is 13.3 Å². The molecule has 0 aliphatic carbocycles. The molecule has 1 aromatic heterocycles. The van der Waals surface area contributed by atoms with Gasteiger partial charge in [0, 0.05) is 18.7 Å². The first-order chi connectivity index (χ1) is 11.3. The summed E-state index contributed by atoms with van der Waals surface area (Å²) < 4.78 is 6.05. The van der Waals surface area contributed by atoms with Crippen molar-refractivity contribution in [2.45, 2.75) is 37.4 Å². The highest BCUT2D eigenvalue weighted by Crippen LogP contribution is 2.53. The van der Waals surface area contributed by atoms with Gasteiger partial charge < -0.3 is 4.74 Å². The van der Waals surface area contributed by atoms with E-state index >= 15 is 0 Å². The molecule has 3 aliphatic heterocycles. The fourth-order valence-electron chi connectivity index (χ4n) is 5.08. The molecule has 0 amide bonds. The highest BCUT2D eigenvalue weighted by atomic mass is 16.5. The number of rotatable bonds is 4. The molecule has 3 saturated heterocycles. The van der Waals surface area contributed by atoms with E-state index in [-0.39, 0.29) is 6.10 Å². The average molecular weight is 305 g/mol. The maximum absolute atomic E-state index is 6.05. The molecule has 4 heterocycles. The molecular weight excluding hydrogens is 281 g/mol. The van der Waals surface area contributed by atoms with Crippen LogP contribution in [0.2, 0.25) is 18.5 Å². The van der Waals surface area contributed by atoms with Crippen LogP contribution in [-0.2, 0) is 4.74 Å². The minimum atomic E-state index is 0.182. The van der Waals surface area contributed by atoms with Crippen LogP contribution in [0.15, 0.2) is 49.2 Å². The van der Waals surface area contributed by atoms with Crippen molar-refractivity contribution >= 4 is 17.6 Å². The van der Waals surface area contributed by atoms with Gasteiger partial charge in [0.05, 0.1) is 11.6 Å². The number of nitrogens with zero attached hydrogens (tertiary/aromatic N) is 1. The summed E-state index contributed by atoms with van der Waals surface area (Å²) in [6, 6.07) is 10.6. The molecule has 2 aromatic rings. The van der Waals surface area contributed by atoms with E-state index in [9.17, 15) is 0 Å². The van der Waals surface area contributed by atoms with Crippen LogP contribution in [0.25, 0.3) is 10.9 Å². The minimum Gasteiger partial charge on any atom is -0.377 e. The molecule has 0 N–H and O–H groups in total.